The number of thiocarbonyl (C=S) groups is 1. The fourth-order valence-corrected chi connectivity index (χ4v) is 3.06. The number of rotatable bonds is 5. The molecule has 134 valence electrons. The fourth-order valence-electron chi connectivity index (χ4n) is 2.55. The van der Waals surface area contributed by atoms with Crippen molar-refractivity contribution >= 4 is 40.8 Å². The lowest BCUT2D eigenvalue weighted by Crippen LogP contribution is -2.37. The second-order valence-electron chi connectivity index (χ2n) is 6.50. The Bertz CT molecular complexity index is 677. The zero-order valence-electron chi connectivity index (χ0n) is 15.0. The number of nitrogens with zero attached hydrogens (tertiary/aromatic N) is 2. The second-order valence-corrected chi connectivity index (χ2v) is 7.34. The van der Waals surface area contributed by atoms with Gasteiger partial charge in [0.2, 0.25) is 0 Å². The number of aryl methyl sites for hydroxylation is 1. The van der Waals surface area contributed by atoms with Gasteiger partial charge >= 0.3 is 0 Å². The molecule has 0 heterocycles. The number of nitrogens with one attached hydrogen (secondary N) is 1. The van der Waals surface area contributed by atoms with Crippen LogP contribution in [0.5, 0.6) is 0 Å². The summed E-state index contributed by atoms with van der Waals surface area (Å²) < 4.78 is 0. The summed E-state index contributed by atoms with van der Waals surface area (Å²) in [5.74, 6) is 0. The van der Waals surface area contributed by atoms with Crippen molar-refractivity contribution in [2.45, 2.75) is 46.0 Å². The summed E-state index contributed by atoms with van der Waals surface area (Å²) in [4.78, 5) is 0. The van der Waals surface area contributed by atoms with E-state index in [0.29, 0.717) is 11.7 Å². The third-order valence-electron chi connectivity index (χ3n) is 4.03. The van der Waals surface area contributed by atoms with Crippen LogP contribution in [0.25, 0.3) is 0 Å². The smallest absolute Gasteiger partial charge is 0.194 e. The highest BCUT2D eigenvalue weighted by Crippen LogP contribution is 2.25. The average Bonchev–Trinajstić information content (AvgIpc) is 2.79. The molecular weight excluding hydrogens is 350 g/mol. The number of allylic oxidation sites excluding steroid dienone is 2. The van der Waals surface area contributed by atoms with Crippen LogP contribution < -0.4 is 10.3 Å². The summed E-state index contributed by atoms with van der Waals surface area (Å²) in [6, 6.07) is 8.14. The van der Waals surface area contributed by atoms with E-state index in [1.807, 2.05) is 25.3 Å². The Morgan fingerprint density at radius 3 is 2.64 bits per heavy atom. The topological polar surface area (TPSA) is 27.6 Å². The van der Waals surface area contributed by atoms with Crippen molar-refractivity contribution in [2.24, 2.45) is 5.10 Å². The SMILES string of the molecule is C=C(C)CNC(=S)N(N=CC1=C(Cl)CCCCC1)c1ccc(C)cc1. The Labute approximate surface area is 161 Å². The van der Waals surface area contributed by atoms with Crippen molar-refractivity contribution < 1.29 is 0 Å². The van der Waals surface area contributed by atoms with Gasteiger partial charge in [0.1, 0.15) is 0 Å². The Kier molecular flexibility index (Phi) is 7.66. The van der Waals surface area contributed by atoms with E-state index in [1.165, 1.54) is 12.0 Å². The molecule has 0 spiro atoms. The minimum atomic E-state index is 0.549. The largest absolute Gasteiger partial charge is 0.357 e. The Hall–Kier alpha value is -1.65. The van der Waals surface area contributed by atoms with Gasteiger partial charge in [-0.1, -0.05) is 47.9 Å². The van der Waals surface area contributed by atoms with Gasteiger partial charge in [0.05, 0.1) is 11.9 Å². The number of benzene rings is 1. The van der Waals surface area contributed by atoms with Crippen LogP contribution in [-0.2, 0) is 0 Å². The van der Waals surface area contributed by atoms with Gasteiger partial charge in [0.15, 0.2) is 5.11 Å². The van der Waals surface area contributed by atoms with E-state index in [1.54, 1.807) is 5.01 Å². The van der Waals surface area contributed by atoms with Gasteiger partial charge in [-0.3, -0.25) is 0 Å². The molecule has 0 fully saturated rings. The van der Waals surface area contributed by atoms with Crippen molar-refractivity contribution in [2.75, 3.05) is 11.6 Å². The molecule has 0 atom stereocenters. The number of hydrogen-bond acceptors (Lipinski definition) is 2. The van der Waals surface area contributed by atoms with Crippen LogP contribution in [-0.4, -0.2) is 17.9 Å². The van der Waals surface area contributed by atoms with Gasteiger partial charge < -0.3 is 5.32 Å². The molecule has 1 aromatic carbocycles. The number of hydrogen-bond donors (Lipinski definition) is 1. The van der Waals surface area contributed by atoms with Gasteiger partial charge in [-0.05, 0) is 69.5 Å². The molecule has 0 aliphatic heterocycles. The second kappa shape index (κ2) is 9.73. The van der Waals surface area contributed by atoms with Gasteiger partial charge in [0.25, 0.3) is 0 Å². The van der Waals surface area contributed by atoms with Gasteiger partial charge in [-0.15, -0.1) is 0 Å². The van der Waals surface area contributed by atoms with Crippen LogP contribution >= 0.6 is 23.8 Å². The molecule has 1 N–H and O–H groups in total. The van der Waals surface area contributed by atoms with Crippen LogP contribution in [0.2, 0.25) is 0 Å². The summed E-state index contributed by atoms with van der Waals surface area (Å²) in [5, 5.41) is 11.1. The molecule has 0 aromatic heterocycles. The highest BCUT2D eigenvalue weighted by atomic mass is 35.5. The minimum absolute atomic E-state index is 0.549. The monoisotopic (exact) mass is 375 g/mol. The highest BCUT2D eigenvalue weighted by Gasteiger charge is 2.12. The van der Waals surface area contributed by atoms with E-state index in [-0.39, 0.29) is 0 Å². The van der Waals surface area contributed by atoms with E-state index >= 15 is 0 Å². The first kappa shape index (κ1) is 19.7. The van der Waals surface area contributed by atoms with Crippen LogP contribution in [0.3, 0.4) is 0 Å². The zero-order chi connectivity index (χ0) is 18.2. The van der Waals surface area contributed by atoms with Crippen molar-refractivity contribution in [3.8, 4) is 0 Å². The van der Waals surface area contributed by atoms with Gasteiger partial charge in [-0.2, -0.15) is 5.10 Å². The summed E-state index contributed by atoms with van der Waals surface area (Å²) >= 11 is 12.0. The normalized spacial score (nSPS) is 15.2. The molecule has 2 rings (SSSR count). The van der Waals surface area contributed by atoms with Gasteiger partial charge in [0, 0.05) is 11.6 Å². The molecule has 3 nitrogen and oxygen atoms in total. The average molecular weight is 376 g/mol. The predicted octanol–water partition coefficient (Wildman–Crippen LogP) is 5.69. The van der Waals surface area contributed by atoms with Gasteiger partial charge in [-0.25, -0.2) is 5.01 Å². The molecule has 25 heavy (non-hydrogen) atoms. The Morgan fingerprint density at radius 2 is 1.96 bits per heavy atom. The zero-order valence-corrected chi connectivity index (χ0v) is 16.6. The van der Waals surface area contributed by atoms with Crippen molar-refractivity contribution in [1.29, 1.82) is 0 Å². The molecule has 0 saturated carbocycles. The lowest BCUT2D eigenvalue weighted by Gasteiger charge is -2.21. The lowest BCUT2D eigenvalue weighted by atomic mass is 10.1. The number of hydrazone groups is 1. The lowest BCUT2D eigenvalue weighted by molar-refractivity contribution is 0.713. The molecule has 0 radical (unpaired) electrons. The summed E-state index contributed by atoms with van der Waals surface area (Å²) in [7, 11) is 0. The Balaban J connectivity index is 2.24. The maximum atomic E-state index is 6.43. The van der Waals surface area contributed by atoms with Crippen LogP contribution in [0, 0.1) is 6.92 Å². The molecule has 5 heteroatoms. The third-order valence-corrected chi connectivity index (χ3v) is 4.78. The van der Waals surface area contributed by atoms with E-state index < -0.39 is 0 Å². The molecule has 1 aliphatic carbocycles. The van der Waals surface area contributed by atoms with Crippen LogP contribution in [0.4, 0.5) is 5.69 Å². The first-order valence-electron chi connectivity index (χ1n) is 8.68. The van der Waals surface area contributed by atoms with Crippen molar-refractivity contribution in [1.82, 2.24) is 5.32 Å². The van der Waals surface area contributed by atoms with Crippen molar-refractivity contribution in [3.63, 3.8) is 0 Å². The fraction of sp³-hybridized carbons (Fsp3) is 0.400. The summed E-state index contributed by atoms with van der Waals surface area (Å²) in [6.07, 6.45) is 7.29. The van der Waals surface area contributed by atoms with E-state index in [0.717, 1.165) is 47.5 Å². The van der Waals surface area contributed by atoms with E-state index in [4.69, 9.17) is 23.8 Å². The summed E-state index contributed by atoms with van der Waals surface area (Å²) in [6.45, 7) is 8.56. The number of anilines is 1. The molecule has 0 amide bonds. The quantitative estimate of drug-likeness (QED) is 0.310. The standard InChI is InChI=1S/C20H26ClN3S/c1-15(2)13-22-20(25)24(18-11-9-16(3)10-12-18)23-14-17-7-5-4-6-8-19(17)21/h9-12,14H,1,4-8,13H2,2-3H3,(H,22,25). The third kappa shape index (κ3) is 6.29. The van der Waals surface area contributed by atoms with Crippen molar-refractivity contribution in [3.05, 3.63) is 52.6 Å². The van der Waals surface area contributed by atoms with E-state index in [2.05, 4.69) is 36.1 Å². The summed E-state index contributed by atoms with van der Waals surface area (Å²) in [5.41, 5.74) is 4.25. The maximum Gasteiger partial charge on any atom is 0.194 e. The molecule has 0 unspecified atom stereocenters. The molecule has 1 aromatic rings. The first-order chi connectivity index (χ1) is 12.0. The molecule has 1 aliphatic rings. The molecule has 0 bridgehead atoms. The van der Waals surface area contributed by atoms with E-state index in [9.17, 15) is 0 Å². The van der Waals surface area contributed by atoms with Crippen LogP contribution in [0.1, 0.15) is 44.6 Å². The first-order valence-corrected chi connectivity index (χ1v) is 9.46. The Morgan fingerprint density at radius 1 is 1.28 bits per heavy atom. The predicted molar refractivity (Wildman–Crippen MR) is 114 cm³/mol. The minimum Gasteiger partial charge on any atom is -0.357 e. The molecule has 0 saturated heterocycles. The van der Waals surface area contributed by atoms with Crippen LogP contribution in [0.15, 0.2) is 52.1 Å². The highest BCUT2D eigenvalue weighted by molar-refractivity contribution is 7.80. The molecular formula is C20H26ClN3S. The maximum absolute atomic E-state index is 6.43. The number of halogens is 1.